The van der Waals surface area contributed by atoms with Gasteiger partial charge < -0.3 is 0 Å². The number of nitrogens with one attached hydrogen (secondary N) is 2. The van der Waals surface area contributed by atoms with Crippen LogP contribution < -0.4 is 9.72 Å². The molecule has 0 radical (unpaired) electrons. The second kappa shape index (κ2) is 7.31. The maximum Gasteiger partial charge on any atom is 0.0986 e. The first kappa shape index (κ1) is 8.31. The van der Waals surface area contributed by atoms with E-state index in [-0.39, 0.29) is 0 Å². The van der Waals surface area contributed by atoms with Gasteiger partial charge in [0, 0.05) is 8.88 Å². The third kappa shape index (κ3) is 7.31. The number of nitrogens with zero attached hydrogens (tertiary/aromatic N) is 1. The summed E-state index contributed by atoms with van der Waals surface area (Å²) in [6.45, 7) is 0. The maximum absolute atomic E-state index is 3.71. The molecule has 0 aliphatic carbocycles. The van der Waals surface area contributed by atoms with E-state index in [9.17, 15) is 0 Å². The van der Waals surface area contributed by atoms with Crippen molar-refractivity contribution in [2.45, 2.75) is 0 Å². The molecule has 0 spiro atoms. The van der Waals surface area contributed by atoms with Crippen molar-refractivity contribution >= 4 is 36.2 Å². The Labute approximate surface area is 51.1 Å². The largest absolute Gasteiger partial charge is 0.269 e. The summed E-state index contributed by atoms with van der Waals surface area (Å²) in [5, 5.41) is 0. The summed E-state index contributed by atoms with van der Waals surface area (Å²) < 4.78 is 3.71. The molecular weight excluding hydrogens is 166 g/mol. The summed E-state index contributed by atoms with van der Waals surface area (Å²) in [6, 6.07) is 0. The Bertz CT molecular complexity index is 50.9. The zero-order valence-corrected chi connectivity index (χ0v) is 7.75. The van der Waals surface area contributed by atoms with E-state index in [0.29, 0.717) is 8.88 Å². The Hall–Kier alpha value is 1.31. The van der Waals surface area contributed by atoms with Crippen LogP contribution in [0.15, 0.2) is 4.52 Å². The van der Waals surface area contributed by atoms with E-state index >= 15 is 0 Å². The molecule has 7 heavy (non-hydrogen) atoms. The molecule has 0 saturated heterocycles. The molecule has 0 heterocycles. The second-order valence-electron chi connectivity index (χ2n) is 0.597. The Balaban J connectivity index is 2.69. The van der Waals surface area contributed by atoms with E-state index < -0.39 is 0 Å². The summed E-state index contributed by atoms with van der Waals surface area (Å²) in [5.74, 6) is 0. The monoisotopic (exact) mass is 173 g/mol. The molecule has 0 saturated carbocycles. The van der Waals surface area contributed by atoms with Crippen molar-refractivity contribution < 1.29 is 0 Å². The van der Waals surface area contributed by atoms with Gasteiger partial charge in [-0.1, -0.05) is 9.39 Å². The minimum atomic E-state index is 0.565. The van der Waals surface area contributed by atoms with Crippen molar-refractivity contribution in [2.75, 3.05) is 0 Å². The molecule has 7 heteroatoms. The normalized spacial score (nSPS) is 12.3. The highest BCUT2D eigenvalue weighted by Gasteiger charge is 1.69. The van der Waals surface area contributed by atoms with Gasteiger partial charge in [-0.3, -0.25) is 4.86 Å². The molecule has 0 amide bonds. The highest BCUT2D eigenvalue weighted by Crippen LogP contribution is 2.08. The van der Waals surface area contributed by atoms with Gasteiger partial charge in [0.2, 0.25) is 0 Å². The average Bonchev–Trinajstić information content (AvgIpc) is 1.69. The molecule has 0 fully saturated rings. The van der Waals surface area contributed by atoms with Crippen LogP contribution in [0.5, 0.6) is 0 Å². The topological polar surface area (TPSA) is 36.4 Å². The van der Waals surface area contributed by atoms with E-state index in [2.05, 4.69) is 33.0 Å². The van der Waals surface area contributed by atoms with Crippen molar-refractivity contribution in [2.24, 2.45) is 4.52 Å². The highest BCUT2D eigenvalue weighted by atomic mass is 31.2. The fourth-order valence-electron chi connectivity index (χ4n) is 0.0861. The van der Waals surface area contributed by atoms with Gasteiger partial charge in [0.05, 0.1) is 8.52 Å². The Morgan fingerprint density at radius 2 is 2.43 bits per heavy atom. The van der Waals surface area contributed by atoms with Crippen LogP contribution in [0.4, 0.5) is 0 Å². The number of hydrogen-bond acceptors (Lipinski definition) is 2. The lowest BCUT2D eigenvalue weighted by atomic mass is 13.8. The lowest BCUT2D eigenvalue weighted by Crippen LogP contribution is -1.84. The molecule has 0 aliphatic heterocycles. The van der Waals surface area contributed by atoms with Crippen LogP contribution in [0.25, 0.3) is 0 Å². The van der Waals surface area contributed by atoms with E-state index in [1.807, 2.05) is 0 Å². The molecule has 42 valence electrons. The minimum Gasteiger partial charge on any atom is -0.269 e. The molecule has 0 aromatic carbocycles. The van der Waals surface area contributed by atoms with E-state index in [1.165, 1.54) is 0 Å². The predicted octanol–water partition coefficient (Wildman–Crippen LogP) is 1.30. The van der Waals surface area contributed by atoms with Gasteiger partial charge in [-0.15, -0.1) is 0 Å². The quantitative estimate of drug-likeness (QED) is 0.498. The van der Waals surface area contributed by atoms with Crippen LogP contribution in [-0.2, 0) is 0 Å². The molecular formula is H7N3P4. The number of rotatable bonds is 3. The molecule has 0 aliphatic rings. The SMILES string of the molecule is PN=PNPNP. The molecule has 0 aromatic heterocycles. The molecule has 3 atom stereocenters. The second-order valence-corrected chi connectivity index (χ2v) is 4.02. The third-order valence-electron chi connectivity index (χ3n) is 0.236. The van der Waals surface area contributed by atoms with Crippen molar-refractivity contribution in [3.8, 4) is 0 Å². The van der Waals surface area contributed by atoms with Crippen LogP contribution in [0.2, 0.25) is 0 Å². The van der Waals surface area contributed by atoms with E-state index in [4.69, 9.17) is 0 Å². The Kier molecular flexibility index (Phi) is 8.68. The van der Waals surface area contributed by atoms with Crippen LogP contribution in [0, 0.1) is 0 Å². The van der Waals surface area contributed by atoms with E-state index in [1.54, 1.807) is 0 Å². The summed E-state index contributed by atoms with van der Waals surface area (Å²) in [5.41, 5.74) is 0. The summed E-state index contributed by atoms with van der Waals surface area (Å²) in [6.07, 6.45) is 0. The number of hydrogen-bond donors (Lipinski definition) is 2. The molecule has 2 N–H and O–H groups in total. The lowest BCUT2D eigenvalue weighted by molar-refractivity contribution is 1.59. The van der Waals surface area contributed by atoms with Gasteiger partial charge in [0.15, 0.2) is 0 Å². The average molecular weight is 173 g/mol. The first-order valence-electron chi connectivity index (χ1n) is 1.47. The van der Waals surface area contributed by atoms with Gasteiger partial charge in [-0.05, 0) is 9.39 Å². The first-order valence-corrected chi connectivity index (χ1v) is 4.41. The molecule has 0 aromatic rings. The van der Waals surface area contributed by atoms with Crippen molar-refractivity contribution in [1.82, 2.24) is 9.72 Å². The fraction of sp³-hybridized carbons (Fsp3) is 0. The molecule has 0 rings (SSSR count). The van der Waals surface area contributed by atoms with Gasteiger partial charge in [0.25, 0.3) is 0 Å². The van der Waals surface area contributed by atoms with Crippen LogP contribution >= 0.6 is 36.2 Å². The highest BCUT2D eigenvalue weighted by molar-refractivity contribution is 7.52. The van der Waals surface area contributed by atoms with Crippen molar-refractivity contribution in [1.29, 1.82) is 0 Å². The zero-order valence-electron chi connectivity index (χ0n) is 3.55. The zero-order chi connectivity index (χ0) is 5.54. The fourth-order valence-corrected chi connectivity index (χ4v) is 1.88. The van der Waals surface area contributed by atoms with Crippen molar-refractivity contribution in [3.63, 3.8) is 0 Å². The van der Waals surface area contributed by atoms with Gasteiger partial charge >= 0.3 is 0 Å². The maximum atomic E-state index is 3.71. The smallest absolute Gasteiger partial charge is 0.0986 e. The third-order valence-corrected chi connectivity index (χ3v) is 2.12. The first-order chi connectivity index (χ1) is 3.41. The lowest BCUT2D eigenvalue weighted by Gasteiger charge is -1.89. The van der Waals surface area contributed by atoms with Gasteiger partial charge in [0.1, 0.15) is 0 Å². The van der Waals surface area contributed by atoms with Gasteiger partial charge in [-0.2, -0.15) is 0 Å². The Morgan fingerprint density at radius 3 is 2.86 bits per heavy atom. The van der Waals surface area contributed by atoms with Crippen molar-refractivity contribution in [3.05, 3.63) is 0 Å². The molecule has 3 unspecified atom stereocenters. The predicted molar refractivity (Wildman–Crippen MR) is 43.4 cm³/mol. The van der Waals surface area contributed by atoms with E-state index in [0.717, 1.165) is 8.52 Å². The molecule has 0 bridgehead atoms. The standard InChI is InChI=1S/H7N3P4/c4-1-6-3-7-2-5/h1,6H,4-5H2,(H,2,3). The minimum absolute atomic E-state index is 0.565. The van der Waals surface area contributed by atoms with Crippen LogP contribution in [-0.4, -0.2) is 0 Å². The Morgan fingerprint density at radius 1 is 1.71 bits per heavy atom. The molecule has 3 nitrogen and oxygen atoms in total. The summed E-state index contributed by atoms with van der Waals surface area (Å²) in [4.78, 5) is 5.82. The van der Waals surface area contributed by atoms with Crippen LogP contribution in [0.1, 0.15) is 0 Å². The van der Waals surface area contributed by atoms with Crippen LogP contribution in [0.3, 0.4) is 0 Å². The van der Waals surface area contributed by atoms with Gasteiger partial charge in [-0.25, -0.2) is 9.37 Å². The summed E-state index contributed by atoms with van der Waals surface area (Å²) in [7, 11) is 6.13. The summed E-state index contributed by atoms with van der Waals surface area (Å²) >= 11 is 0.